The fourth-order valence-corrected chi connectivity index (χ4v) is 2.09. The van der Waals surface area contributed by atoms with Gasteiger partial charge in [0, 0.05) is 18.7 Å². The molecule has 1 N–H and O–H groups in total. The SMILES string of the molecule is C[C@@H]1COCCN1c1cc(NC2CC2)ncn1. The van der Waals surface area contributed by atoms with Crippen LogP contribution in [0.3, 0.4) is 0 Å². The van der Waals surface area contributed by atoms with E-state index in [9.17, 15) is 0 Å². The highest BCUT2D eigenvalue weighted by Gasteiger charge is 2.23. The minimum atomic E-state index is 0.382. The highest BCUT2D eigenvalue weighted by atomic mass is 16.5. The van der Waals surface area contributed by atoms with Crippen LogP contribution in [0.25, 0.3) is 0 Å². The minimum Gasteiger partial charge on any atom is -0.377 e. The van der Waals surface area contributed by atoms with Crippen LogP contribution in [-0.4, -0.2) is 41.8 Å². The first-order valence-electron chi connectivity index (χ1n) is 6.26. The molecule has 2 aliphatic rings. The lowest BCUT2D eigenvalue weighted by Gasteiger charge is -2.34. The average molecular weight is 234 g/mol. The van der Waals surface area contributed by atoms with Crippen LogP contribution in [-0.2, 0) is 4.74 Å². The smallest absolute Gasteiger partial charge is 0.134 e. The molecule has 92 valence electrons. The second kappa shape index (κ2) is 4.49. The topological polar surface area (TPSA) is 50.3 Å². The number of aromatic nitrogens is 2. The molecule has 2 fully saturated rings. The molecule has 5 nitrogen and oxygen atoms in total. The third-order valence-corrected chi connectivity index (χ3v) is 3.24. The van der Waals surface area contributed by atoms with Gasteiger partial charge in [-0.15, -0.1) is 0 Å². The molecule has 0 bridgehead atoms. The van der Waals surface area contributed by atoms with Crippen molar-refractivity contribution in [2.45, 2.75) is 31.8 Å². The van der Waals surface area contributed by atoms with Gasteiger partial charge < -0.3 is 15.0 Å². The zero-order chi connectivity index (χ0) is 11.7. The second-order valence-corrected chi connectivity index (χ2v) is 4.80. The third kappa shape index (κ3) is 2.49. The molecule has 1 atom stereocenters. The monoisotopic (exact) mass is 234 g/mol. The van der Waals surface area contributed by atoms with Gasteiger partial charge in [-0.1, -0.05) is 0 Å². The van der Waals surface area contributed by atoms with E-state index in [0.717, 1.165) is 31.4 Å². The van der Waals surface area contributed by atoms with Crippen LogP contribution in [0.4, 0.5) is 11.6 Å². The van der Waals surface area contributed by atoms with E-state index in [2.05, 4.69) is 27.1 Å². The van der Waals surface area contributed by atoms with Crippen molar-refractivity contribution in [1.82, 2.24) is 9.97 Å². The van der Waals surface area contributed by atoms with Crippen LogP contribution >= 0.6 is 0 Å². The Morgan fingerprint density at radius 3 is 3.06 bits per heavy atom. The van der Waals surface area contributed by atoms with Crippen molar-refractivity contribution in [3.8, 4) is 0 Å². The van der Waals surface area contributed by atoms with Gasteiger partial charge in [0.2, 0.25) is 0 Å². The lowest BCUT2D eigenvalue weighted by atomic mass is 10.2. The quantitative estimate of drug-likeness (QED) is 0.853. The van der Waals surface area contributed by atoms with Gasteiger partial charge in [0.1, 0.15) is 18.0 Å². The zero-order valence-corrected chi connectivity index (χ0v) is 10.1. The van der Waals surface area contributed by atoms with Crippen molar-refractivity contribution in [2.24, 2.45) is 0 Å². The standard InChI is InChI=1S/C12H18N4O/c1-9-7-17-5-4-16(9)12-6-11(13-8-14-12)15-10-2-3-10/h6,8-10H,2-5,7H2,1H3,(H,13,14,15)/t9-/m1/s1. The first-order chi connectivity index (χ1) is 8.33. The summed E-state index contributed by atoms with van der Waals surface area (Å²) in [6.45, 7) is 4.62. The predicted octanol–water partition coefficient (Wildman–Crippen LogP) is 1.28. The van der Waals surface area contributed by atoms with E-state index in [1.54, 1.807) is 6.33 Å². The molecule has 2 heterocycles. The fourth-order valence-electron chi connectivity index (χ4n) is 2.09. The lowest BCUT2D eigenvalue weighted by molar-refractivity contribution is 0.0985. The van der Waals surface area contributed by atoms with Crippen LogP contribution in [0, 0.1) is 0 Å². The van der Waals surface area contributed by atoms with Crippen LogP contribution < -0.4 is 10.2 Å². The van der Waals surface area contributed by atoms with Gasteiger partial charge in [0.05, 0.1) is 19.3 Å². The van der Waals surface area contributed by atoms with E-state index in [-0.39, 0.29) is 0 Å². The maximum absolute atomic E-state index is 5.44. The zero-order valence-electron chi connectivity index (χ0n) is 10.1. The molecular weight excluding hydrogens is 216 g/mol. The molecule has 1 aromatic rings. The Morgan fingerprint density at radius 1 is 1.41 bits per heavy atom. The molecular formula is C12H18N4O. The van der Waals surface area contributed by atoms with Crippen molar-refractivity contribution in [1.29, 1.82) is 0 Å². The summed E-state index contributed by atoms with van der Waals surface area (Å²) in [7, 11) is 0. The Morgan fingerprint density at radius 2 is 2.29 bits per heavy atom. The third-order valence-electron chi connectivity index (χ3n) is 3.24. The predicted molar refractivity (Wildman–Crippen MR) is 66.3 cm³/mol. The lowest BCUT2D eigenvalue weighted by Crippen LogP contribution is -2.44. The van der Waals surface area contributed by atoms with Crippen LogP contribution in [0.2, 0.25) is 0 Å². The molecule has 0 amide bonds. The Balaban J connectivity index is 1.76. The van der Waals surface area contributed by atoms with Gasteiger partial charge in [0.25, 0.3) is 0 Å². The number of hydrogen-bond donors (Lipinski definition) is 1. The van der Waals surface area contributed by atoms with Gasteiger partial charge in [-0.25, -0.2) is 9.97 Å². The molecule has 0 aromatic carbocycles. The second-order valence-electron chi connectivity index (χ2n) is 4.80. The van der Waals surface area contributed by atoms with Crippen LogP contribution in [0.5, 0.6) is 0 Å². The largest absolute Gasteiger partial charge is 0.377 e. The van der Waals surface area contributed by atoms with E-state index in [1.807, 2.05) is 6.07 Å². The summed E-state index contributed by atoms with van der Waals surface area (Å²) in [6.07, 6.45) is 4.16. The molecule has 0 spiro atoms. The van der Waals surface area contributed by atoms with E-state index < -0.39 is 0 Å². The summed E-state index contributed by atoms with van der Waals surface area (Å²) in [6, 6.07) is 3.05. The van der Waals surface area contributed by atoms with E-state index in [1.165, 1.54) is 12.8 Å². The first kappa shape index (κ1) is 10.8. The Hall–Kier alpha value is -1.36. The van der Waals surface area contributed by atoms with Crippen LogP contribution in [0.15, 0.2) is 12.4 Å². The van der Waals surface area contributed by atoms with Gasteiger partial charge in [-0.05, 0) is 19.8 Å². The van der Waals surface area contributed by atoms with Gasteiger partial charge in [0.15, 0.2) is 0 Å². The maximum atomic E-state index is 5.44. The summed E-state index contributed by atoms with van der Waals surface area (Å²) in [5.41, 5.74) is 0. The molecule has 5 heteroatoms. The fraction of sp³-hybridized carbons (Fsp3) is 0.667. The molecule has 3 rings (SSSR count). The molecule has 1 saturated heterocycles. The highest BCUT2D eigenvalue weighted by molar-refractivity contribution is 5.50. The number of ether oxygens (including phenoxy) is 1. The minimum absolute atomic E-state index is 0.382. The Bertz CT molecular complexity index is 394. The Labute approximate surface area is 101 Å². The van der Waals surface area contributed by atoms with Crippen molar-refractivity contribution in [2.75, 3.05) is 30.0 Å². The summed E-state index contributed by atoms with van der Waals surface area (Å²) in [5.74, 6) is 1.94. The molecule has 1 aliphatic carbocycles. The van der Waals surface area contributed by atoms with E-state index >= 15 is 0 Å². The number of hydrogen-bond acceptors (Lipinski definition) is 5. The summed E-state index contributed by atoms with van der Waals surface area (Å²) in [5, 5.41) is 3.40. The average Bonchev–Trinajstić information content (AvgIpc) is 3.14. The van der Waals surface area contributed by atoms with Gasteiger partial charge >= 0.3 is 0 Å². The van der Waals surface area contributed by atoms with Crippen molar-refractivity contribution in [3.05, 3.63) is 12.4 Å². The first-order valence-corrected chi connectivity index (χ1v) is 6.26. The van der Waals surface area contributed by atoms with Crippen molar-refractivity contribution >= 4 is 11.6 Å². The Kier molecular flexibility index (Phi) is 2.84. The molecule has 0 radical (unpaired) electrons. The molecule has 0 unspecified atom stereocenters. The number of morpholine rings is 1. The van der Waals surface area contributed by atoms with Gasteiger partial charge in [-0.2, -0.15) is 0 Å². The summed E-state index contributed by atoms with van der Waals surface area (Å²) >= 11 is 0. The highest BCUT2D eigenvalue weighted by Crippen LogP contribution is 2.25. The van der Waals surface area contributed by atoms with E-state index in [4.69, 9.17) is 4.74 Å². The van der Waals surface area contributed by atoms with Crippen LogP contribution in [0.1, 0.15) is 19.8 Å². The van der Waals surface area contributed by atoms with E-state index in [0.29, 0.717) is 12.1 Å². The molecule has 1 saturated carbocycles. The molecule has 17 heavy (non-hydrogen) atoms. The molecule has 1 aromatic heterocycles. The van der Waals surface area contributed by atoms with Crippen molar-refractivity contribution < 1.29 is 4.74 Å². The number of nitrogens with zero attached hydrogens (tertiary/aromatic N) is 3. The maximum Gasteiger partial charge on any atom is 0.134 e. The normalized spacial score (nSPS) is 24.8. The number of anilines is 2. The van der Waals surface area contributed by atoms with Crippen molar-refractivity contribution in [3.63, 3.8) is 0 Å². The molecule has 1 aliphatic heterocycles. The van der Waals surface area contributed by atoms with Gasteiger partial charge in [-0.3, -0.25) is 0 Å². The number of rotatable bonds is 3. The summed E-state index contributed by atoms with van der Waals surface area (Å²) < 4.78 is 5.44. The number of nitrogens with one attached hydrogen (secondary N) is 1. The summed E-state index contributed by atoms with van der Waals surface area (Å²) in [4.78, 5) is 10.9.